The predicted molar refractivity (Wildman–Crippen MR) is 150 cm³/mol. The number of thiophene rings is 1. The van der Waals surface area contributed by atoms with Crippen molar-refractivity contribution in [1.29, 1.82) is 0 Å². The molecule has 39 heavy (non-hydrogen) atoms. The fraction of sp³-hybridized carbons (Fsp3) is 0.179. The SMILES string of the molecule is CCCC(O)Nc1cncc(-c2ncc3[nH]nc(-c4nc5c(-c6ccc(C(C)=O)s6)cccc5[nH]4)c3c2F)c1. The highest BCUT2D eigenvalue weighted by Gasteiger charge is 2.22. The highest BCUT2D eigenvalue weighted by atomic mass is 32.1. The van der Waals surface area contributed by atoms with E-state index < -0.39 is 12.0 Å². The molecule has 1 atom stereocenters. The Labute approximate surface area is 226 Å². The van der Waals surface area contributed by atoms with Crippen molar-refractivity contribution >= 4 is 44.7 Å². The van der Waals surface area contributed by atoms with Crippen molar-refractivity contribution in [2.45, 2.75) is 32.9 Å². The molecule has 9 nitrogen and oxygen atoms in total. The van der Waals surface area contributed by atoms with Crippen LogP contribution in [-0.4, -0.2) is 47.3 Å². The third-order valence-electron chi connectivity index (χ3n) is 6.41. The molecule has 0 aliphatic carbocycles. The van der Waals surface area contributed by atoms with Crippen LogP contribution in [0.3, 0.4) is 0 Å². The Bertz CT molecular complexity index is 1840. The standard InChI is InChI=1S/C28H24FN7O2S/c1-3-5-22(38)32-16-10-15(11-30-12-16)25-24(29)23-19(13-31-25)35-36-27(23)28-33-18-7-4-6-17(26(18)34-28)21-9-8-20(39-21)14(2)37/h4,6-13,22,32,38H,3,5H2,1-2H3,(H,33,34)(H,35,36). The van der Waals surface area contributed by atoms with Crippen LogP contribution < -0.4 is 5.32 Å². The first kappa shape index (κ1) is 24.8. The number of Topliss-reactive ketones (excluding diaryl/α,β-unsaturated/α-hetero) is 1. The number of para-hydroxylation sites is 1. The van der Waals surface area contributed by atoms with Gasteiger partial charge in [-0.3, -0.25) is 19.9 Å². The molecule has 5 aromatic heterocycles. The number of benzene rings is 1. The second-order valence-electron chi connectivity index (χ2n) is 9.20. The van der Waals surface area contributed by atoms with Crippen LogP contribution in [-0.2, 0) is 0 Å². The van der Waals surface area contributed by atoms with Gasteiger partial charge >= 0.3 is 0 Å². The normalized spacial score (nSPS) is 12.3. The fourth-order valence-electron chi connectivity index (χ4n) is 4.55. The number of ketones is 1. The van der Waals surface area contributed by atoms with Gasteiger partial charge in [-0.15, -0.1) is 11.3 Å². The number of pyridine rings is 2. The van der Waals surface area contributed by atoms with E-state index in [1.54, 1.807) is 19.2 Å². The first-order valence-corrected chi connectivity index (χ1v) is 13.3. The van der Waals surface area contributed by atoms with Gasteiger partial charge < -0.3 is 15.4 Å². The Morgan fingerprint density at radius 1 is 1.15 bits per heavy atom. The minimum Gasteiger partial charge on any atom is -0.374 e. The van der Waals surface area contributed by atoms with E-state index in [4.69, 9.17) is 4.98 Å². The number of fused-ring (bicyclic) bond motifs is 2. The van der Waals surface area contributed by atoms with Gasteiger partial charge in [0.25, 0.3) is 0 Å². The first-order chi connectivity index (χ1) is 18.9. The maximum absolute atomic E-state index is 16.0. The number of imidazole rings is 1. The summed E-state index contributed by atoms with van der Waals surface area (Å²) in [5.41, 5.74) is 4.22. The van der Waals surface area contributed by atoms with Crippen molar-refractivity contribution in [3.63, 3.8) is 0 Å². The van der Waals surface area contributed by atoms with Crippen LogP contribution in [0.2, 0.25) is 0 Å². The number of carbonyl (C=O) groups is 1. The van der Waals surface area contributed by atoms with Crippen LogP contribution in [0, 0.1) is 5.82 Å². The van der Waals surface area contributed by atoms with Gasteiger partial charge in [0.05, 0.1) is 44.9 Å². The number of nitrogens with one attached hydrogen (secondary N) is 3. The summed E-state index contributed by atoms with van der Waals surface area (Å²) in [5.74, 6) is -0.147. The minimum atomic E-state index is -0.728. The average molecular weight is 542 g/mol. The smallest absolute Gasteiger partial charge is 0.169 e. The highest BCUT2D eigenvalue weighted by molar-refractivity contribution is 7.17. The van der Waals surface area contributed by atoms with Gasteiger partial charge in [0, 0.05) is 22.2 Å². The summed E-state index contributed by atoms with van der Waals surface area (Å²) in [6, 6.07) is 11.2. The van der Waals surface area contributed by atoms with Gasteiger partial charge in [0.15, 0.2) is 17.4 Å². The first-order valence-electron chi connectivity index (χ1n) is 12.5. The summed E-state index contributed by atoms with van der Waals surface area (Å²) in [7, 11) is 0. The van der Waals surface area contributed by atoms with Crippen LogP contribution in [0.25, 0.3) is 55.2 Å². The molecule has 4 N–H and O–H groups in total. The molecule has 0 fully saturated rings. The van der Waals surface area contributed by atoms with Crippen LogP contribution in [0.4, 0.5) is 10.1 Å². The van der Waals surface area contributed by atoms with Gasteiger partial charge in [-0.05, 0) is 37.6 Å². The number of aromatic amines is 2. The van der Waals surface area contributed by atoms with E-state index in [2.05, 4.69) is 30.5 Å². The van der Waals surface area contributed by atoms with Crippen LogP contribution in [0.15, 0.2) is 55.0 Å². The molecule has 0 saturated heterocycles. The minimum absolute atomic E-state index is 0.0117. The summed E-state index contributed by atoms with van der Waals surface area (Å²) in [5, 5.41) is 20.5. The number of hydrogen-bond donors (Lipinski definition) is 4. The third-order valence-corrected chi connectivity index (χ3v) is 7.63. The van der Waals surface area contributed by atoms with Crippen molar-refractivity contribution in [2.24, 2.45) is 0 Å². The lowest BCUT2D eigenvalue weighted by Crippen LogP contribution is -2.18. The highest BCUT2D eigenvalue weighted by Crippen LogP contribution is 2.36. The van der Waals surface area contributed by atoms with Gasteiger partial charge in [0.2, 0.25) is 0 Å². The number of halogens is 1. The zero-order chi connectivity index (χ0) is 27.1. The quantitative estimate of drug-likeness (QED) is 0.134. The lowest BCUT2D eigenvalue weighted by molar-refractivity contribution is 0.102. The van der Waals surface area contributed by atoms with E-state index in [9.17, 15) is 9.90 Å². The Kier molecular flexibility index (Phi) is 6.37. The molecule has 0 saturated carbocycles. The van der Waals surface area contributed by atoms with E-state index >= 15 is 4.39 Å². The molecule has 5 heterocycles. The second-order valence-corrected chi connectivity index (χ2v) is 10.3. The Hall–Kier alpha value is -4.48. The molecule has 0 spiro atoms. The zero-order valence-corrected chi connectivity index (χ0v) is 21.9. The number of aliphatic hydroxyl groups excluding tert-OH is 1. The van der Waals surface area contributed by atoms with Gasteiger partial charge in [0.1, 0.15) is 17.6 Å². The summed E-state index contributed by atoms with van der Waals surface area (Å²) < 4.78 is 16.0. The zero-order valence-electron chi connectivity index (χ0n) is 21.1. The van der Waals surface area contributed by atoms with Gasteiger partial charge in [-0.1, -0.05) is 25.5 Å². The summed E-state index contributed by atoms with van der Waals surface area (Å²) in [6.45, 7) is 3.52. The number of carbonyl (C=O) groups excluding carboxylic acids is 1. The molecule has 1 aromatic carbocycles. The van der Waals surface area contributed by atoms with E-state index in [1.807, 2.05) is 37.3 Å². The molecule has 11 heteroatoms. The topological polar surface area (TPSA) is 132 Å². The lowest BCUT2D eigenvalue weighted by Gasteiger charge is -2.13. The van der Waals surface area contributed by atoms with Crippen molar-refractivity contribution in [2.75, 3.05) is 5.32 Å². The largest absolute Gasteiger partial charge is 0.374 e. The molecule has 0 amide bonds. The number of anilines is 1. The maximum Gasteiger partial charge on any atom is 0.169 e. The van der Waals surface area contributed by atoms with Crippen LogP contribution in [0.5, 0.6) is 0 Å². The molecule has 0 radical (unpaired) electrons. The molecule has 0 aliphatic rings. The number of aliphatic hydroxyl groups is 1. The summed E-state index contributed by atoms with van der Waals surface area (Å²) in [4.78, 5) is 30.0. The number of hydrogen-bond acceptors (Lipinski definition) is 8. The van der Waals surface area contributed by atoms with Crippen LogP contribution in [0.1, 0.15) is 36.4 Å². The molecule has 196 valence electrons. The van der Waals surface area contributed by atoms with Crippen molar-refractivity contribution < 1.29 is 14.3 Å². The number of H-pyrrole nitrogens is 2. The van der Waals surface area contributed by atoms with Crippen molar-refractivity contribution in [3.8, 4) is 33.2 Å². The number of rotatable bonds is 8. The molecule has 0 aliphatic heterocycles. The van der Waals surface area contributed by atoms with Crippen molar-refractivity contribution in [1.82, 2.24) is 30.1 Å². The molecule has 1 unspecified atom stereocenters. The van der Waals surface area contributed by atoms with E-state index in [0.717, 1.165) is 22.4 Å². The van der Waals surface area contributed by atoms with E-state index in [-0.39, 0.29) is 16.9 Å². The maximum atomic E-state index is 16.0. The molecule has 6 aromatic rings. The van der Waals surface area contributed by atoms with Gasteiger partial charge in [-0.25, -0.2) is 9.37 Å². The van der Waals surface area contributed by atoms with Crippen LogP contribution >= 0.6 is 11.3 Å². The molecular formula is C28H24FN7O2S. The Morgan fingerprint density at radius 3 is 2.82 bits per heavy atom. The average Bonchev–Trinajstić information content (AvgIpc) is 3.67. The number of aromatic nitrogens is 6. The molecule has 0 bridgehead atoms. The van der Waals surface area contributed by atoms with Gasteiger partial charge in [-0.2, -0.15) is 5.10 Å². The Balaban J connectivity index is 1.42. The molecule has 6 rings (SSSR count). The summed E-state index contributed by atoms with van der Waals surface area (Å²) in [6.07, 6.45) is 5.28. The Morgan fingerprint density at radius 2 is 2.03 bits per heavy atom. The fourth-order valence-corrected chi connectivity index (χ4v) is 5.48. The summed E-state index contributed by atoms with van der Waals surface area (Å²) >= 11 is 1.41. The molecular weight excluding hydrogens is 517 g/mol. The lowest BCUT2D eigenvalue weighted by atomic mass is 10.1. The monoisotopic (exact) mass is 541 g/mol. The van der Waals surface area contributed by atoms with Crippen molar-refractivity contribution in [3.05, 3.63) is 65.7 Å². The second kappa shape index (κ2) is 10.0. The van der Waals surface area contributed by atoms with E-state index in [1.165, 1.54) is 23.7 Å². The number of nitrogens with zero attached hydrogens (tertiary/aromatic N) is 4. The third kappa shape index (κ3) is 4.55. The predicted octanol–water partition coefficient (Wildman–Crippen LogP) is 6.16. The van der Waals surface area contributed by atoms with E-state index in [0.29, 0.717) is 45.1 Å².